The Morgan fingerprint density at radius 1 is 1.10 bits per heavy atom. The predicted octanol–water partition coefficient (Wildman–Crippen LogP) is 2.84. The molecule has 0 spiro atoms. The molecule has 1 aliphatic rings. The van der Waals surface area contributed by atoms with Crippen molar-refractivity contribution in [3.05, 3.63) is 41.7 Å². The second kappa shape index (κ2) is 6.93. The quantitative estimate of drug-likeness (QED) is 0.536. The van der Waals surface area contributed by atoms with Gasteiger partial charge < -0.3 is 25.7 Å². The maximum absolute atomic E-state index is 11.7. The molecule has 1 saturated heterocycles. The molecule has 1 amide bonds. The van der Waals surface area contributed by atoms with Crippen LogP contribution in [0.2, 0.25) is 0 Å². The third kappa shape index (κ3) is 3.03. The number of oxazole rings is 1. The number of nitrogens with zero attached hydrogens (tertiary/aromatic N) is 4. The molecule has 0 radical (unpaired) electrons. The highest BCUT2D eigenvalue weighted by Gasteiger charge is 2.22. The largest absolute Gasteiger partial charge is 0.443 e. The van der Waals surface area contributed by atoms with Crippen LogP contribution in [0, 0.1) is 0 Å². The van der Waals surface area contributed by atoms with Crippen LogP contribution < -0.4 is 21.3 Å². The van der Waals surface area contributed by atoms with Gasteiger partial charge in [0, 0.05) is 44.1 Å². The minimum atomic E-state index is -0.513. The first kappa shape index (κ1) is 17.7. The first-order chi connectivity index (χ1) is 14.1. The summed E-state index contributed by atoms with van der Waals surface area (Å²) >= 11 is 1.25. The van der Waals surface area contributed by atoms with Gasteiger partial charge in [-0.15, -0.1) is 11.3 Å². The molecule has 4 N–H and O–H groups in total. The maximum Gasteiger partial charge on any atom is 0.260 e. The molecule has 0 aliphatic carbocycles. The second-order valence-corrected chi connectivity index (χ2v) is 8.05. The van der Waals surface area contributed by atoms with Crippen molar-refractivity contribution >= 4 is 55.6 Å². The molecule has 8 nitrogen and oxygen atoms in total. The Kier molecular flexibility index (Phi) is 4.24. The zero-order chi connectivity index (χ0) is 20.0. The summed E-state index contributed by atoms with van der Waals surface area (Å²) in [5, 5.41) is 0.822. The van der Waals surface area contributed by atoms with E-state index in [-0.39, 0.29) is 0 Å². The third-order valence-electron chi connectivity index (χ3n) is 5.35. The van der Waals surface area contributed by atoms with E-state index in [0.717, 1.165) is 65.3 Å². The summed E-state index contributed by atoms with van der Waals surface area (Å²) in [6.45, 7) is 3.52. The highest BCUT2D eigenvalue weighted by atomic mass is 32.1. The summed E-state index contributed by atoms with van der Waals surface area (Å²) in [6.07, 6.45) is 4.22. The van der Waals surface area contributed by atoms with E-state index in [4.69, 9.17) is 15.9 Å². The molecule has 5 rings (SSSR count). The Hall–Kier alpha value is -3.33. The zero-order valence-corrected chi connectivity index (χ0v) is 16.5. The fourth-order valence-electron chi connectivity index (χ4n) is 3.93. The molecule has 4 heterocycles. The first-order valence-corrected chi connectivity index (χ1v) is 10.2. The van der Waals surface area contributed by atoms with E-state index in [2.05, 4.69) is 25.8 Å². The number of pyridine rings is 1. The highest BCUT2D eigenvalue weighted by molar-refractivity contribution is 7.21. The van der Waals surface area contributed by atoms with E-state index in [1.807, 2.05) is 18.2 Å². The fourth-order valence-corrected chi connectivity index (χ4v) is 4.87. The standard InChI is InChI=1S/C20H20N6O2S/c21-17-16-14(4-5-23-20(16)29-18(17)19(22)27)26-7-1-6-25(8-9-26)12-2-3-13-15(10-12)28-11-24-13/h2-5,10-11H,1,6-9,21H2,(H2,22,27). The van der Waals surface area contributed by atoms with Gasteiger partial charge in [-0.05, 0) is 24.6 Å². The number of fused-ring (bicyclic) bond motifs is 2. The lowest BCUT2D eigenvalue weighted by Gasteiger charge is -2.25. The van der Waals surface area contributed by atoms with Crippen molar-refractivity contribution in [2.24, 2.45) is 5.73 Å². The van der Waals surface area contributed by atoms with Gasteiger partial charge in [0.1, 0.15) is 15.2 Å². The van der Waals surface area contributed by atoms with Gasteiger partial charge in [0.15, 0.2) is 12.0 Å². The van der Waals surface area contributed by atoms with E-state index < -0.39 is 5.91 Å². The SMILES string of the molecule is NC(=O)c1sc2nccc(N3CCCN(c4ccc5ncoc5c4)CC3)c2c1N. The van der Waals surface area contributed by atoms with E-state index in [1.165, 1.54) is 17.7 Å². The van der Waals surface area contributed by atoms with Crippen LogP contribution in [-0.4, -0.2) is 42.1 Å². The summed E-state index contributed by atoms with van der Waals surface area (Å²) in [4.78, 5) is 26.0. The number of carbonyl (C=O) groups is 1. The third-order valence-corrected chi connectivity index (χ3v) is 6.48. The summed E-state index contributed by atoms with van der Waals surface area (Å²) in [5.41, 5.74) is 16.0. The molecule has 1 aromatic carbocycles. The van der Waals surface area contributed by atoms with Crippen LogP contribution in [0.1, 0.15) is 16.1 Å². The number of hydrogen-bond acceptors (Lipinski definition) is 8. The molecule has 1 aliphatic heterocycles. The number of rotatable bonds is 3. The predicted molar refractivity (Wildman–Crippen MR) is 116 cm³/mol. The lowest BCUT2D eigenvalue weighted by atomic mass is 10.2. The van der Waals surface area contributed by atoms with Gasteiger partial charge in [0.2, 0.25) is 0 Å². The topological polar surface area (TPSA) is 115 Å². The number of amides is 1. The molecule has 0 unspecified atom stereocenters. The number of benzene rings is 1. The van der Waals surface area contributed by atoms with Gasteiger partial charge in [0.25, 0.3) is 5.91 Å². The number of aromatic nitrogens is 2. The molecule has 0 saturated carbocycles. The molecule has 1 fully saturated rings. The molecule has 0 atom stereocenters. The molecular formula is C20H20N6O2S. The number of hydrogen-bond donors (Lipinski definition) is 2. The van der Waals surface area contributed by atoms with Crippen molar-refractivity contribution in [3.8, 4) is 0 Å². The number of nitrogens with two attached hydrogens (primary N) is 2. The van der Waals surface area contributed by atoms with Crippen LogP contribution in [0.5, 0.6) is 0 Å². The molecule has 4 aromatic rings. The van der Waals surface area contributed by atoms with Crippen molar-refractivity contribution < 1.29 is 9.21 Å². The second-order valence-electron chi connectivity index (χ2n) is 7.05. The maximum atomic E-state index is 11.7. The van der Waals surface area contributed by atoms with Gasteiger partial charge in [-0.1, -0.05) is 0 Å². The summed E-state index contributed by atoms with van der Waals surface area (Å²) < 4.78 is 5.45. The van der Waals surface area contributed by atoms with Gasteiger partial charge in [0.05, 0.1) is 16.8 Å². The summed E-state index contributed by atoms with van der Waals surface area (Å²) in [7, 11) is 0. The van der Waals surface area contributed by atoms with Gasteiger partial charge in [-0.2, -0.15) is 0 Å². The summed E-state index contributed by atoms with van der Waals surface area (Å²) in [6, 6.07) is 8.08. The van der Waals surface area contributed by atoms with Crippen LogP contribution in [0.25, 0.3) is 21.3 Å². The van der Waals surface area contributed by atoms with Crippen LogP contribution in [0.4, 0.5) is 17.1 Å². The lowest BCUT2D eigenvalue weighted by molar-refractivity contribution is 0.100. The lowest BCUT2D eigenvalue weighted by Crippen LogP contribution is -2.30. The average Bonchev–Trinajstić information content (AvgIpc) is 3.24. The monoisotopic (exact) mass is 408 g/mol. The number of nitrogen functional groups attached to an aromatic ring is 1. The Morgan fingerprint density at radius 2 is 1.93 bits per heavy atom. The molecular weight excluding hydrogens is 388 g/mol. The minimum Gasteiger partial charge on any atom is -0.443 e. The normalized spacial score (nSPS) is 15.2. The number of primary amides is 1. The average molecular weight is 408 g/mol. The molecule has 148 valence electrons. The first-order valence-electron chi connectivity index (χ1n) is 9.42. The van der Waals surface area contributed by atoms with E-state index in [1.54, 1.807) is 6.20 Å². The molecule has 9 heteroatoms. The molecule has 29 heavy (non-hydrogen) atoms. The fraction of sp³-hybridized carbons (Fsp3) is 0.250. The number of anilines is 3. The highest BCUT2D eigenvalue weighted by Crippen LogP contribution is 2.38. The Morgan fingerprint density at radius 3 is 2.79 bits per heavy atom. The van der Waals surface area contributed by atoms with Crippen LogP contribution in [0.15, 0.2) is 41.3 Å². The Balaban J connectivity index is 1.44. The van der Waals surface area contributed by atoms with Crippen LogP contribution in [0.3, 0.4) is 0 Å². The van der Waals surface area contributed by atoms with Crippen molar-refractivity contribution in [1.29, 1.82) is 0 Å². The van der Waals surface area contributed by atoms with Crippen LogP contribution >= 0.6 is 11.3 Å². The van der Waals surface area contributed by atoms with Crippen molar-refractivity contribution in [2.75, 3.05) is 41.7 Å². The van der Waals surface area contributed by atoms with Crippen molar-refractivity contribution in [3.63, 3.8) is 0 Å². The minimum absolute atomic E-state index is 0.372. The van der Waals surface area contributed by atoms with Crippen LogP contribution in [-0.2, 0) is 0 Å². The Labute approximate surface area is 170 Å². The van der Waals surface area contributed by atoms with Crippen molar-refractivity contribution in [2.45, 2.75) is 6.42 Å². The van der Waals surface area contributed by atoms with Gasteiger partial charge in [-0.25, -0.2) is 9.97 Å². The number of carbonyl (C=O) groups excluding carboxylic acids is 1. The van der Waals surface area contributed by atoms with Gasteiger partial charge >= 0.3 is 0 Å². The Bertz CT molecular complexity index is 1220. The van der Waals surface area contributed by atoms with E-state index in [0.29, 0.717) is 10.6 Å². The zero-order valence-electron chi connectivity index (χ0n) is 15.7. The van der Waals surface area contributed by atoms with E-state index >= 15 is 0 Å². The smallest absolute Gasteiger partial charge is 0.260 e. The van der Waals surface area contributed by atoms with Crippen molar-refractivity contribution in [1.82, 2.24) is 9.97 Å². The molecule has 3 aromatic heterocycles. The van der Waals surface area contributed by atoms with Gasteiger partial charge in [-0.3, -0.25) is 4.79 Å². The summed E-state index contributed by atoms with van der Waals surface area (Å²) in [5.74, 6) is -0.513. The number of thiophene rings is 1. The molecule has 0 bridgehead atoms. The van der Waals surface area contributed by atoms with E-state index in [9.17, 15) is 4.79 Å².